The molecule has 0 aromatic carbocycles. The van der Waals surface area contributed by atoms with Crippen molar-refractivity contribution in [3.05, 3.63) is 0 Å². The molecule has 12 heavy (non-hydrogen) atoms. The lowest BCUT2D eigenvalue weighted by atomic mass is 9.97. The van der Waals surface area contributed by atoms with E-state index in [2.05, 4.69) is 5.32 Å². The molecule has 0 amide bonds. The second-order valence-electron chi connectivity index (χ2n) is 2.75. The molecule has 0 aromatic heterocycles. The van der Waals surface area contributed by atoms with Crippen LogP contribution in [0.15, 0.2) is 0 Å². The molecular formula is C6H14ClNO4. The van der Waals surface area contributed by atoms with Crippen LogP contribution in [0.1, 0.15) is 0 Å². The summed E-state index contributed by atoms with van der Waals surface area (Å²) in [6.07, 6.45) is -3.20. The van der Waals surface area contributed by atoms with Gasteiger partial charge in [-0.25, -0.2) is 0 Å². The number of hydrogen-bond donors (Lipinski definition) is 5. The Morgan fingerprint density at radius 1 is 1.17 bits per heavy atom. The van der Waals surface area contributed by atoms with Crippen LogP contribution in [-0.2, 0) is 0 Å². The molecule has 5 N–H and O–H groups in total. The molecular weight excluding hydrogens is 186 g/mol. The molecule has 0 radical (unpaired) electrons. The van der Waals surface area contributed by atoms with Crippen molar-refractivity contribution in [1.29, 1.82) is 0 Å². The number of β-amino-alcohol motifs (C(OH)–C–C–N with tert-alkyl or cyclic N) is 1. The summed E-state index contributed by atoms with van der Waals surface area (Å²) >= 11 is 0. The Balaban J connectivity index is 0.00000121. The molecule has 1 fully saturated rings. The van der Waals surface area contributed by atoms with E-state index in [0.717, 1.165) is 0 Å². The minimum absolute atomic E-state index is 0. The van der Waals surface area contributed by atoms with E-state index in [1.807, 2.05) is 0 Å². The van der Waals surface area contributed by atoms with E-state index in [0.29, 0.717) is 0 Å². The summed E-state index contributed by atoms with van der Waals surface area (Å²) in [6, 6.07) is -0.534. The number of aliphatic hydroxyl groups excluding tert-OH is 4. The van der Waals surface area contributed by atoms with E-state index in [4.69, 9.17) is 15.3 Å². The molecule has 1 heterocycles. The molecule has 6 heteroatoms. The van der Waals surface area contributed by atoms with Crippen LogP contribution < -0.4 is 5.32 Å². The molecule has 0 saturated carbocycles. The molecule has 0 bridgehead atoms. The van der Waals surface area contributed by atoms with Gasteiger partial charge in [0.2, 0.25) is 0 Å². The van der Waals surface area contributed by atoms with Crippen LogP contribution in [0.3, 0.4) is 0 Å². The minimum Gasteiger partial charge on any atom is -0.395 e. The second kappa shape index (κ2) is 4.96. The van der Waals surface area contributed by atoms with Crippen molar-refractivity contribution in [1.82, 2.24) is 5.32 Å². The van der Waals surface area contributed by atoms with Crippen molar-refractivity contribution in [3.8, 4) is 0 Å². The van der Waals surface area contributed by atoms with Crippen molar-refractivity contribution >= 4 is 12.4 Å². The van der Waals surface area contributed by atoms with Crippen LogP contribution in [0.4, 0.5) is 0 Å². The van der Waals surface area contributed by atoms with E-state index in [1.54, 1.807) is 0 Å². The third kappa shape index (κ3) is 2.29. The summed E-state index contributed by atoms with van der Waals surface area (Å²) in [4.78, 5) is 0. The van der Waals surface area contributed by atoms with Gasteiger partial charge in [0.25, 0.3) is 0 Å². The highest BCUT2D eigenvalue weighted by Gasteiger charge is 2.35. The first-order chi connectivity index (χ1) is 5.16. The van der Waals surface area contributed by atoms with Crippen molar-refractivity contribution in [2.24, 2.45) is 0 Å². The summed E-state index contributed by atoms with van der Waals surface area (Å²) in [5.74, 6) is 0. The van der Waals surface area contributed by atoms with Crippen LogP contribution in [-0.4, -0.2) is 57.9 Å². The molecule has 0 aromatic rings. The summed E-state index contributed by atoms with van der Waals surface area (Å²) in [5, 5.41) is 38.6. The fourth-order valence-corrected chi connectivity index (χ4v) is 1.15. The van der Waals surface area contributed by atoms with E-state index in [9.17, 15) is 5.11 Å². The fraction of sp³-hybridized carbons (Fsp3) is 1.00. The Labute approximate surface area is 76.4 Å². The molecule has 5 nitrogen and oxygen atoms in total. The molecule has 0 aliphatic carbocycles. The van der Waals surface area contributed by atoms with Crippen molar-refractivity contribution in [2.75, 3.05) is 13.2 Å². The lowest BCUT2D eigenvalue weighted by molar-refractivity contribution is -0.101. The zero-order valence-corrected chi connectivity index (χ0v) is 7.24. The van der Waals surface area contributed by atoms with E-state index >= 15 is 0 Å². The zero-order chi connectivity index (χ0) is 8.43. The monoisotopic (exact) mass is 199 g/mol. The third-order valence-electron chi connectivity index (χ3n) is 1.94. The maximum atomic E-state index is 9.18. The Hall–Kier alpha value is 0.0900. The number of hydrogen-bond acceptors (Lipinski definition) is 5. The average Bonchev–Trinajstić information content (AvgIpc) is 2.01. The Bertz CT molecular complexity index is 135. The lowest BCUT2D eigenvalue weighted by Crippen LogP contribution is -2.60. The Kier molecular flexibility index (Phi) is 5.00. The van der Waals surface area contributed by atoms with Gasteiger partial charge in [-0.2, -0.15) is 0 Å². The maximum Gasteiger partial charge on any atom is 0.109 e. The fourth-order valence-electron chi connectivity index (χ4n) is 1.15. The number of aliphatic hydroxyl groups is 4. The number of piperidine rings is 1. The van der Waals surface area contributed by atoms with Crippen LogP contribution >= 0.6 is 12.4 Å². The van der Waals surface area contributed by atoms with Gasteiger partial charge >= 0.3 is 0 Å². The van der Waals surface area contributed by atoms with Gasteiger partial charge in [-0.1, -0.05) is 0 Å². The van der Waals surface area contributed by atoms with Gasteiger partial charge in [0.1, 0.15) is 6.10 Å². The van der Waals surface area contributed by atoms with E-state index < -0.39 is 24.4 Å². The molecule has 1 aliphatic rings. The first kappa shape index (κ1) is 12.1. The quantitative estimate of drug-likeness (QED) is 0.321. The van der Waals surface area contributed by atoms with Gasteiger partial charge in [0.15, 0.2) is 0 Å². The first-order valence-electron chi connectivity index (χ1n) is 3.55. The lowest BCUT2D eigenvalue weighted by Gasteiger charge is -2.34. The smallest absolute Gasteiger partial charge is 0.109 e. The summed E-state index contributed by atoms with van der Waals surface area (Å²) in [7, 11) is 0. The van der Waals surface area contributed by atoms with Gasteiger partial charge < -0.3 is 25.7 Å². The van der Waals surface area contributed by atoms with Gasteiger partial charge in [0, 0.05) is 6.54 Å². The third-order valence-corrected chi connectivity index (χ3v) is 1.94. The molecule has 1 rings (SSSR count). The normalized spacial score (nSPS) is 42.0. The largest absolute Gasteiger partial charge is 0.395 e. The first-order valence-corrected chi connectivity index (χ1v) is 3.55. The second-order valence-corrected chi connectivity index (χ2v) is 2.75. The molecule has 74 valence electrons. The van der Waals surface area contributed by atoms with Crippen molar-refractivity contribution in [3.63, 3.8) is 0 Å². The van der Waals surface area contributed by atoms with E-state index in [-0.39, 0.29) is 25.6 Å². The van der Waals surface area contributed by atoms with Gasteiger partial charge in [-0.05, 0) is 0 Å². The van der Waals surface area contributed by atoms with Gasteiger partial charge in [0.05, 0.1) is 24.9 Å². The highest BCUT2D eigenvalue weighted by Crippen LogP contribution is 2.09. The standard InChI is InChI=1S/C6H13NO4.ClH/c8-2-3-5(10)6(11)4(9)1-7-3;/h3-11H,1-2H2;1H/t3-,4-,5+,6+;/m0./s1. The highest BCUT2D eigenvalue weighted by atomic mass is 35.5. The van der Waals surface area contributed by atoms with E-state index in [1.165, 1.54) is 0 Å². The predicted molar refractivity (Wildman–Crippen MR) is 44.1 cm³/mol. The van der Waals surface area contributed by atoms with Crippen molar-refractivity contribution < 1.29 is 20.4 Å². The number of nitrogens with one attached hydrogen (secondary N) is 1. The predicted octanol–water partition coefficient (Wildman–Crippen LogP) is -2.54. The van der Waals surface area contributed by atoms with Gasteiger partial charge in [-0.3, -0.25) is 0 Å². The van der Waals surface area contributed by atoms with Crippen LogP contribution in [0, 0.1) is 0 Å². The number of rotatable bonds is 1. The molecule has 0 unspecified atom stereocenters. The topological polar surface area (TPSA) is 93.0 Å². The highest BCUT2D eigenvalue weighted by molar-refractivity contribution is 5.85. The number of halogens is 1. The van der Waals surface area contributed by atoms with Gasteiger partial charge in [-0.15, -0.1) is 12.4 Å². The van der Waals surface area contributed by atoms with Crippen LogP contribution in [0.25, 0.3) is 0 Å². The minimum atomic E-state index is -1.16. The summed E-state index contributed by atoms with van der Waals surface area (Å²) in [5.41, 5.74) is 0. The maximum absolute atomic E-state index is 9.18. The molecule has 4 atom stereocenters. The molecule has 1 saturated heterocycles. The zero-order valence-electron chi connectivity index (χ0n) is 6.42. The van der Waals surface area contributed by atoms with Crippen molar-refractivity contribution in [2.45, 2.75) is 24.4 Å². The summed E-state index contributed by atoms with van der Waals surface area (Å²) in [6.45, 7) is -0.0472. The van der Waals surface area contributed by atoms with Crippen LogP contribution in [0.5, 0.6) is 0 Å². The molecule has 1 aliphatic heterocycles. The summed E-state index contributed by atoms with van der Waals surface area (Å²) < 4.78 is 0. The Morgan fingerprint density at radius 2 is 1.75 bits per heavy atom. The molecule has 0 spiro atoms. The Morgan fingerprint density at radius 3 is 2.25 bits per heavy atom. The van der Waals surface area contributed by atoms with Crippen LogP contribution in [0.2, 0.25) is 0 Å². The average molecular weight is 200 g/mol. The SMILES string of the molecule is Cl.OC[C@@H]1NC[C@H](O)[C@@H](O)[C@@H]1O.